The Balaban J connectivity index is 0.000000351. The van der Waals surface area contributed by atoms with Gasteiger partial charge in [0, 0.05) is 32.4 Å². The summed E-state index contributed by atoms with van der Waals surface area (Å²) in [5.74, 6) is 1.40. The number of carbonyl (C=O) groups excluding carboxylic acids is 1. The zero-order chi connectivity index (χ0) is 40.4. The first-order chi connectivity index (χ1) is 26.4. The lowest BCUT2D eigenvalue weighted by Gasteiger charge is -2.45. The van der Waals surface area contributed by atoms with Crippen LogP contribution < -0.4 is 15.5 Å². The molecular formula is C47H95N5O3+2. The third-order valence-electron chi connectivity index (χ3n) is 14.0. The number of nitrogens with one attached hydrogen (secondary N) is 2. The molecule has 8 heteroatoms. The molecule has 1 amide bonds. The van der Waals surface area contributed by atoms with Crippen molar-refractivity contribution in [3.63, 3.8) is 0 Å². The molecule has 4 saturated carbocycles. The van der Waals surface area contributed by atoms with E-state index >= 15 is 0 Å². The largest absolute Gasteiger partial charge is 0.481 e. The smallest absolute Gasteiger partial charge is 0.303 e. The van der Waals surface area contributed by atoms with E-state index in [1.54, 1.807) is 0 Å². The molecular weight excluding hydrogens is 683 g/mol. The summed E-state index contributed by atoms with van der Waals surface area (Å²) in [6.45, 7) is 6.11. The van der Waals surface area contributed by atoms with Gasteiger partial charge in [0.1, 0.15) is 0 Å². The Morgan fingerprint density at radius 3 is 1.25 bits per heavy atom. The van der Waals surface area contributed by atoms with E-state index in [0.717, 1.165) is 70.9 Å². The van der Waals surface area contributed by atoms with Crippen molar-refractivity contribution in [2.45, 2.75) is 186 Å². The Kier molecular flexibility index (Phi) is 26.4. The zero-order valence-electron chi connectivity index (χ0n) is 37.6. The van der Waals surface area contributed by atoms with Crippen molar-refractivity contribution >= 4 is 11.9 Å². The maximum absolute atomic E-state index is 13.7. The van der Waals surface area contributed by atoms with Crippen molar-refractivity contribution in [3.05, 3.63) is 0 Å². The molecule has 0 radical (unpaired) electrons. The quantitative estimate of drug-likeness (QED) is 0.125. The predicted octanol–water partition coefficient (Wildman–Crippen LogP) is 7.25. The van der Waals surface area contributed by atoms with E-state index in [-0.39, 0.29) is 5.41 Å². The summed E-state index contributed by atoms with van der Waals surface area (Å²) in [7, 11) is 13.0. The van der Waals surface area contributed by atoms with Crippen molar-refractivity contribution in [1.82, 2.24) is 9.80 Å². The number of quaternary nitrogens is 2. The number of hydrogen-bond donors (Lipinski definition) is 4. The number of carboxylic acids is 1. The fourth-order valence-electron chi connectivity index (χ4n) is 10.8. The van der Waals surface area contributed by atoms with Crippen LogP contribution in [0.2, 0.25) is 0 Å². The standard InChI is InChI=1S/C26H51N3O.C16H28O2.C5H14N2/c1-27(2)19-13-21-29(22-14-20-28(3)4)25(30)23-26(24-15-9-8-10-16-24)17-11-6-5-7-12-18-26;17-15(18)13-16(14-9-5-4-6-10-14)11-7-2-1-3-8-12-16;1-7(2)5-3-4-6/h24H,5-23H2,1-4H3;14H,1-13H2,(H,17,18);3-6H2,1-2H3/p+2. The second-order valence-corrected chi connectivity index (χ2v) is 19.6. The van der Waals surface area contributed by atoms with Crippen LogP contribution in [0.5, 0.6) is 0 Å². The van der Waals surface area contributed by atoms with Gasteiger partial charge in [-0.3, -0.25) is 9.59 Å². The third kappa shape index (κ3) is 20.9. The van der Waals surface area contributed by atoms with Crippen molar-refractivity contribution in [2.75, 3.05) is 81.6 Å². The minimum Gasteiger partial charge on any atom is -0.481 e. The number of carbonyl (C=O) groups is 2. The summed E-state index contributed by atoms with van der Waals surface area (Å²) in [5, 5.41) is 9.32. The second kappa shape index (κ2) is 29.1. The molecule has 8 nitrogen and oxygen atoms in total. The van der Waals surface area contributed by atoms with Gasteiger partial charge in [-0.05, 0) is 108 Å². The van der Waals surface area contributed by atoms with Crippen LogP contribution in [0.1, 0.15) is 186 Å². The Morgan fingerprint density at radius 2 is 0.927 bits per heavy atom. The maximum atomic E-state index is 13.7. The highest BCUT2D eigenvalue weighted by Gasteiger charge is 2.42. The molecule has 4 aliphatic rings. The summed E-state index contributed by atoms with van der Waals surface area (Å²) < 4.78 is 0. The van der Waals surface area contributed by atoms with Crippen LogP contribution in [0.15, 0.2) is 0 Å². The lowest BCUT2D eigenvalue weighted by molar-refractivity contribution is -0.858. The number of hydrogen-bond acceptors (Lipinski definition) is 4. The summed E-state index contributed by atoms with van der Waals surface area (Å²) in [4.78, 5) is 32.4. The number of carboxylic acid groups (broad SMARTS) is 1. The molecule has 0 saturated heterocycles. The van der Waals surface area contributed by atoms with Gasteiger partial charge < -0.3 is 30.4 Å². The number of rotatable bonds is 17. The normalized spacial score (nSPS) is 21.3. The van der Waals surface area contributed by atoms with Crippen LogP contribution in [0, 0.1) is 22.7 Å². The molecule has 4 rings (SSSR count). The van der Waals surface area contributed by atoms with Gasteiger partial charge in [0.2, 0.25) is 5.91 Å². The fourth-order valence-corrected chi connectivity index (χ4v) is 10.8. The first-order valence-corrected chi connectivity index (χ1v) is 23.9. The molecule has 0 bridgehead atoms. The van der Waals surface area contributed by atoms with Crippen molar-refractivity contribution < 1.29 is 24.5 Å². The maximum Gasteiger partial charge on any atom is 0.303 e. The van der Waals surface area contributed by atoms with Gasteiger partial charge in [-0.15, -0.1) is 0 Å². The van der Waals surface area contributed by atoms with E-state index in [4.69, 9.17) is 5.73 Å². The van der Waals surface area contributed by atoms with Crippen LogP contribution >= 0.6 is 0 Å². The average Bonchev–Trinajstić information content (AvgIpc) is 3.13. The van der Waals surface area contributed by atoms with E-state index in [1.807, 2.05) is 0 Å². The van der Waals surface area contributed by atoms with Crippen LogP contribution in [-0.4, -0.2) is 108 Å². The Bertz CT molecular complexity index is 946. The molecule has 55 heavy (non-hydrogen) atoms. The molecule has 0 heterocycles. The van der Waals surface area contributed by atoms with E-state index in [0.29, 0.717) is 23.7 Å². The monoisotopic (exact) mass is 778 g/mol. The second-order valence-electron chi connectivity index (χ2n) is 19.6. The van der Waals surface area contributed by atoms with E-state index in [1.165, 1.54) is 164 Å². The van der Waals surface area contributed by atoms with Gasteiger partial charge in [-0.25, -0.2) is 0 Å². The van der Waals surface area contributed by atoms with Gasteiger partial charge in [-0.2, -0.15) is 0 Å². The van der Waals surface area contributed by atoms with Gasteiger partial charge in [0.05, 0.1) is 47.7 Å². The van der Waals surface area contributed by atoms with E-state index in [9.17, 15) is 14.7 Å². The molecule has 0 aromatic heterocycles. The first-order valence-electron chi connectivity index (χ1n) is 23.9. The minimum absolute atomic E-state index is 0.146. The summed E-state index contributed by atoms with van der Waals surface area (Å²) in [5.41, 5.74) is 5.70. The molecule has 5 N–H and O–H groups in total. The molecule has 0 aromatic carbocycles. The summed E-state index contributed by atoms with van der Waals surface area (Å²) in [6.07, 6.45) is 36.4. The Hall–Kier alpha value is -1.22. The van der Waals surface area contributed by atoms with Gasteiger partial charge in [-0.1, -0.05) is 103 Å². The molecule has 0 atom stereocenters. The predicted molar refractivity (Wildman–Crippen MR) is 233 cm³/mol. The number of amides is 1. The number of nitrogens with two attached hydrogens (primary N) is 1. The SMILES string of the molecule is CN(C)CCCN.C[NH+](C)CCCN(CCC[NH+](C)C)C(=O)CC1(C2CCCCC2)CCCCCCC1.O=C(O)CC1(C2CCCCC2)CCCCCCC1. The highest BCUT2D eigenvalue weighted by Crippen LogP contribution is 2.50. The van der Waals surface area contributed by atoms with Crippen LogP contribution in [0.25, 0.3) is 0 Å². The Labute approximate surface area is 341 Å². The fraction of sp³-hybridized carbons (Fsp3) is 0.957. The molecule has 4 aliphatic carbocycles. The van der Waals surface area contributed by atoms with Gasteiger partial charge in [0.15, 0.2) is 0 Å². The molecule has 324 valence electrons. The molecule has 4 fully saturated rings. The Morgan fingerprint density at radius 1 is 0.564 bits per heavy atom. The third-order valence-corrected chi connectivity index (χ3v) is 14.0. The molecule has 0 unspecified atom stereocenters. The van der Waals surface area contributed by atoms with E-state index < -0.39 is 5.97 Å². The topological polar surface area (TPSA) is 95.8 Å². The van der Waals surface area contributed by atoms with Crippen molar-refractivity contribution in [2.24, 2.45) is 28.4 Å². The molecule has 0 aliphatic heterocycles. The molecule has 0 spiro atoms. The first kappa shape index (κ1) is 49.9. The van der Waals surface area contributed by atoms with Crippen LogP contribution in [0.4, 0.5) is 0 Å². The van der Waals surface area contributed by atoms with Gasteiger partial charge in [0.25, 0.3) is 0 Å². The highest BCUT2D eigenvalue weighted by atomic mass is 16.4. The van der Waals surface area contributed by atoms with Crippen LogP contribution in [-0.2, 0) is 9.59 Å². The van der Waals surface area contributed by atoms with Crippen LogP contribution in [0.3, 0.4) is 0 Å². The lowest BCUT2D eigenvalue weighted by Crippen LogP contribution is -3.05. The molecule has 0 aromatic rings. The lowest BCUT2D eigenvalue weighted by atomic mass is 9.61. The number of aliphatic carboxylic acids is 1. The highest BCUT2D eigenvalue weighted by molar-refractivity contribution is 5.77. The van der Waals surface area contributed by atoms with E-state index in [2.05, 4.69) is 52.1 Å². The average molecular weight is 778 g/mol. The van der Waals surface area contributed by atoms with Crippen molar-refractivity contribution in [3.8, 4) is 0 Å². The van der Waals surface area contributed by atoms with Crippen molar-refractivity contribution in [1.29, 1.82) is 0 Å². The minimum atomic E-state index is -0.568. The summed E-state index contributed by atoms with van der Waals surface area (Å²) in [6, 6.07) is 0. The van der Waals surface area contributed by atoms with Gasteiger partial charge >= 0.3 is 5.97 Å². The summed E-state index contributed by atoms with van der Waals surface area (Å²) >= 11 is 0. The number of nitrogens with zero attached hydrogens (tertiary/aromatic N) is 2. The zero-order valence-corrected chi connectivity index (χ0v) is 37.6.